The van der Waals surface area contributed by atoms with Crippen LogP contribution in [0.3, 0.4) is 0 Å². The molecule has 0 saturated heterocycles. The molecular formula is C20H23ClN2O5S. The molecule has 1 aromatic carbocycles. The van der Waals surface area contributed by atoms with Crippen molar-refractivity contribution >= 4 is 33.1 Å². The normalized spacial score (nSPS) is 17.4. The third-order valence-electron chi connectivity index (χ3n) is 4.93. The van der Waals surface area contributed by atoms with Gasteiger partial charge in [-0.05, 0) is 36.2 Å². The molecular weight excluding hydrogens is 416 g/mol. The standard InChI is InChI=1S/C20H23ClN2O5S/c1-3-13(2)19(25)8-14-7-18-20(22-10-14)28-16(12-24)11-23(18)29(26,27)17-6-4-5-15(21)9-17/h4-7,9-10,13,16,24H,3,8,11-12H2,1-2H3/t13-,16+/m0/s1. The lowest BCUT2D eigenvalue weighted by atomic mass is 9.98. The first-order valence-electron chi connectivity index (χ1n) is 9.33. The highest BCUT2D eigenvalue weighted by atomic mass is 35.5. The first-order valence-corrected chi connectivity index (χ1v) is 11.2. The molecule has 7 nitrogen and oxygen atoms in total. The van der Waals surface area contributed by atoms with Crippen molar-refractivity contribution in [2.75, 3.05) is 17.5 Å². The molecule has 0 bridgehead atoms. The van der Waals surface area contributed by atoms with Crippen LogP contribution in [0.15, 0.2) is 41.4 Å². The zero-order chi connectivity index (χ0) is 21.2. The molecule has 0 fully saturated rings. The third kappa shape index (κ3) is 4.55. The largest absolute Gasteiger partial charge is 0.468 e. The summed E-state index contributed by atoms with van der Waals surface area (Å²) in [6.45, 7) is 3.36. The SMILES string of the molecule is CC[C@H](C)C(=O)Cc1cnc2c(c1)N(S(=O)(=O)c1cccc(Cl)c1)C[C@H](CO)O2. The van der Waals surface area contributed by atoms with Crippen molar-refractivity contribution in [2.24, 2.45) is 5.92 Å². The summed E-state index contributed by atoms with van der Waals surface area (Å²) in [6, 6.07) is 7.57. The summed E-state index contributed by atoms with van der Waals surface area (Å²) in [7, 11) is -3.97. The van der Waals surface area contributed by atoms with Crippen LogP contribution in [0.2, 0.25) is 5.02 Å². The van der Waals surface area contributed by atoms with E-state index in [2.05, 4.69) is 4.98 Å². The Kier molecular flexibility index (Phi) is 6.45. The molecule has 1 aliphatic rings. The number of aliphatic hydroxyl groups excluding tert-OH is 1. The molecule has 29 heavy (non-hydrogen) atoms. The predicted octanol–water partition coefficient (Wildman–Crippen LogP) is 2.84. The number of carbonyl (C=O) groups excluding carboxylic acids is 1. The molecule has 1 N–H and O–H groups in total. The van der Waals surface area contributed by atoms with Gasteiger partial charge in [0.15, 0.2) is 0 Å². The van der Waals surface area contributed by atoms with E-state index in [1.54, 1.807) is 18.2 Å². The van der Waals surface area contributed by atoms with E-state index in [1.165, 1.54) is 18.3 Å². The minimum atomic E-state index is -3.97. The molecule has 0 amide bonds. The number of hydrogen-bond acceptors (Lipinski definition) is 6. The van der Waals surface area contributed by atoms with Gasteiger partial charge in [0, 0.05) is 23.6 Å². The van der Waals surface area contributed by atoms with Crippen LogP contribution in [0.4, 0.5) is 5.69 Å². The second kappa shape index (κ2) is 8.69. The van der Waals surface area contributed by atoms with E-state index in [0.29, 0.717) is 10.6 Å². The number of halogens is 1. The van der Waals surface area contributed by atoms with Crippen LogP contribution in [0, 0.1) is 5.92 Å². The van der Waals surface area contributed by atoms with Gasteiger partial charge in [-0.15, -0.1) is 0 Å². The van der Waals surface area contributed by atoms with Crippen LogP contribution in [0.25, 0.3) is 0 Å². The molecule has 0 spiro atoms. The van der Waals surface area contributed by atoms with Gasteiger partial charge in [0.1, 0.15) is 17.6 Å². The monoisotopic (exact) mass is 438 g/mol. The Balaban J connectivity index is 2.03. The quantitative estimate of drug-likeness (QED) is 0.713. The number of aliphatic hydroxyl groups is 1. The highest BCUT2D eigenvalue weighted by Crippen LogP contribution is 2.36. The lowest BCUT2D eigenvalue weighted by Gasteiger charge is -2.34. The highest BCUT2D eigenvalue weighted by Gasteiger charge is 2.35. The number of rotatable bonds is 7. The number of Topliss-reactive ketones (excluding diaryl/α,β-unsaturated/α-hetero) is 1. The fourth-order valence-electron chi connectivity index (χ4n) is 3.01. The van der Waals surface area contributed by atoms with Gasteiger partial charge in [-0.25, -0.2) is 13.4 Å². The van der Waals surface area contributed by atoms with E-state index in [0.717, 1.165) is 10.7 Å². The summed E-state index contributed by atoms with van der Waals surface area (Å²) in [6.07, 6.45) is 1.64. The summed E-state index contributed by atoms with van der Waals surface area (Å²) in [5, 5.41) is 9.83. The molecule has 1 aromatic heterocycles. The maximum absolute atomic E-state index is 13.3. The average molecular weight is 439 g/mol. The number of sulfonamides is 1. The van der Waals surface area contributed by atoms with Crippen molar-refractivity contribution in [1.82, 2.24) is 4.98 Å². The molecule has 2 heterocycles. The Bertz CT molecular complexity index is 1010. The predicted molar refractivity (Wildman–Crippen MR) is 110 cm³/mol. The Morgan fingerprint density at radius 2 is 2.17 bits per heavy atom. The van der Waals surface area contributed by atoms with Gasteiger partial charge >= 0.3 is 0 Å². The Morgan fingerprint density at radius 3 is 2.83 bits per heavy atom. The van der Waals surface area contributed by atoms with Crippen LogP contribution >= 0.6 is 11.6 Å². The van der Waals surface area contributed by atoms with E-state index in [-0.39, 0.29) is 47.7 Å². The van der Waals surface area contributed by atoms with Crippen molar-refractivity contribution < 1.29 is 23.1 Å². The second-order valence-electron chi connectivity index (χ2n) is 7.04. The Morgan fingerprint density at radius 1 is 1.41 bits per heavy atom. The molecule has 9 heteroatoms. The van der Waals surface area contributed by atoms with Crippen molar-refractivity contribution in [1.29, 1.82) is 0 Å². The Hall–Kier alpha value is -2.16. The zero-order valence-corrected chi connectivity index (χ0v) is 17.8. The number of fused-ring (bicyclic) bond motifs is 1. The van der Waals surface area contributed by atoms with E-state index in [1.807, 2.05) is 13.8 Å². The summed E-state index contributed by atoms with van der Waals surface area (Å²) in [5.74, 6) is 0.0662. The number of hydrogen-bond donors (Lipinski definition) is 1. The summed E-state index contributed by atoms with van der Waals surface area (Å²) in [5.41, 5.74) is 0.843. The van der Waals surface area contributed by atoms with Crippen molar-refractivity contribution in [3.63, 3.8) is 0 Å². The van der Waals surface area contributed by atoms with E-state index in [4.69, 9.17) is 16.3 Å². The molecule has 3 rings (SSSR count). The maximum Gasteiger partial charge on any atom is 0.264 e. The molecule has 0 aliphatic carbocycles. The Labute approximate surface area is 175 Å². The van der Waals surface area contributed by atoms with E-state index < -0.39 is 16.1 Å². The van der Waals surface area contributed by atoms with Crippen LogP contribution in [0.5, 0.6) is 5.88 Å². The van der Waals surface area contributed by atoms with Crippen LogP contribution in [-0.4, -0.2) is 43.5 Å². The maximum atomic E-state index is 13.3. The van der Waals surface area contributed by atoms with Gasteiger partial charge < -0.3 is 9.84 Å². The second-order valence-corrected chi connectivity index (χ2v) is 9.33. The zero-order valence-electron chi connectivity index (χ0n) is 16.2. The number of ketones is 1. The summed E-state index contributed by atoms with van der Waals surface area (Å²) < 4.78 is 33.3. The van der Waals surface area contributed by atoms with E-state index >= 15 is 0 Å². The third-order valence-corrected chi connectivity index (χ3v) is 6.94. The van der Waals surface area contributed by atoms with Crippen molar-refractivity contribution in [2.45, 2.75) is 37.7 Å². The van der Waals surface area contributed by atoms with Crippen LogP contribution in [0.1, 0.15) is 25.8 Å². The van der Waals surface area contributed by atoms with Gasteiger partial charge in [0.25, 0.3) is 10.0 Å². The molecule has 0 unspecified atom stereocenters. The van der Waals surface area contributed by atoms with Gasteiger partial charge in [-0.3, -0.25) is 9.10 Å². The minimum Gasteiger partial charge on any atom is -0.468 e. The van der Waals surface area contributed by atoms with Crippen LogP contribution in [-0.2, 0) is 21.2 Å². The number of ether oxygens (including phenoxy) is 1. The number of anilines is 1. The minimum absolute atomic E-state index is 0.0237. The van der Waals surface area contributed by atoms with Crippen molar-refractivity contribution in [3.8, 4) is 5.88 Å². The molecule has 0 radical (unpaired) electrons. The number of aromatic nitrogens is 1. The number of carbonyl (C=O) groups is 1. The number of nitrogens with zero attached hydrogens (tertiary/aromatic N) is 2. The molecule has 156 valence electrons. The smallest absolute Gasteiger partial charge is 0.264 e. The number of pyridine rings is 1. The lowest BCUT2D eigenvalue weighted by Crippen LogP contribution is -2.45. The van der Waals surface area contributed by atoms with E-state index in [9.17, 15) is 18.3 Å². The first-order chi connectivity index (χ1) is 13.8. The van der Waals surface area contributed by atoms with Gasteiger partial charge in [0.05, 0.1) is 18.0 Å². The summed E-state index contributed by atoms with van der Waals surface area (Å²) >= 11 is 5.97. The highest BCUT2D eigenvalue weighted by molar-refractivity contribution is 7.92. The lowest BCUT2D eigenvalue weighted by molar-refractivity contribution is -0.121. The molecule has 0 saturated carbocycles. The number of benzene rings is 1. The molecule has 1 aliphatic heterocycles. The molecule has 2 aromatic rings. The summed E-state index contributed by atoms with van der Waals surface area (Å²) in [4.78, 5) is 16.5. The molecule has 2 atom stereocenters. The topological polar surface area (TPSA) is 96.8 Å². The first kappa shape index (κ1) is 21.5. The average Bonchev–Trinajstić information content (AvgIpc) is 2.72. The fourth-order valence-corrected chi connectivity index (χ4v) is 4.80. The van der Waals surface area contributed by atoms with Gasteiger partial charge in [-0.2, -0.15) is 0 Å². The fraction of sp³-hybridized carbons (Fsp3) is 0.400. The van der Waals surface area contributed by atoms with Crippen LogP contribution < -0.4 is 9.04 Å². The van der Waals surface area contributed by atoms with Crippen molar-refractivity contribution in [3.05, 3.63) is 47.1 Å². The van der Waals surface area contributed by atoms with Gasteiger partial charge in [0.2, 0.25) is 5.88 Å². The van der Waals surface area contributed by atoms with Gasteiger partial charge in [-0.1, -0.05) is 31.5 Å².